The van der Waals surface area contributed by atoms with E-state index in [1.165, 1.54) is 6.92 Å². The van der Waals surface area contributed by atoms with E-state index < -0.39 is 10.3 Å². The van der Waals surface area contributed by atoms with E-state index in [2.05, 4.69) is 15.9 Å². The van der Waals surface area contributed by atoms with Gasteiger partial charge in [0, 0.05) is 6.42 Å². The van der Waals surface area contributed by atoms with Crippen LogP contribution in [0.4, 0.5) is 0 Å². The molecule has 0 heterocycles. The zero-order valence-corrected chi connectivity index (χ0v) is 10.2. The van der Waals surface area contributed by atoms with Crippen molar-refractivity contribution in [2.75, 3.05) is 0 Å². The highest BCUT2D eigenvalue weighted by Gasteiger charge is 2.29. The largest absolute Gasteiger partial charge is 0.549 e. The Bertz CT molecular complexity index is 215. The smallest absolute Gasteiger partial charge is 0.131 e. The van der Waals surface area contributed by atoms with Crippen molar-refractivity contribution in [3.8, 4) is 0 Å². The van der Waals surface area contributed by atoms with Gasteiger partial charge in [0.15, 0.2) is 0 Å². The fourth-order valence-corrected chi connectivity index (χ4v) is 1.99. The van der Waals surface area contributed by atoms with Gasteiger partial charge < -0.3 is 9.90 Å². The van der Waals surface area contributed by atoms with Crippen molar-refractivity contribution in [2.45, 2.75) is 50.3 Å². The molecule has 1 atom stereocenters. The second-order valence-electron chi connectivity index (χ2n) is 3.59. The van der Waals surface area contributed by atoms with Crippen molar-refractivity contribution in [3.63, 3.8) is 0 Å². The molecule has 0 saturated carbocycles. The van der Waals surface area contributed by atoms with Crippen LogP contribution in [0.3, 0.4) is 0 Å². The number of halogens is 1. The third-order valence-electron chi connectivity index (χ3n) is 2.07. The number of carbonyl (C=O) groups is 2. The molecule has 0 rings (SSSR count). The Morgan fingerprint density at radius 1 is 1.36 bits per heavy atom. The summed E-state index contributed by atoms with van der Waals surface area (Å²) >= 11 is 3.10. The van der Waals surface area contributed by atoms with E-state index in [9.17, 15) is 14.7 Å². The van der Waals surface area contributed by atoms with Gasteiger partial charge in [-0.3, -0.25) is 4.79 Å². The van der Waals surface area contributed by atoms with Gasteiger partial charge in [0.05, 0.1) is 10.3 Å². The number of ketones is 1. The minimum Gasteiger partial charge on any atom is -0.549 e. The molecule has 0 radical (unpaired) electrons. The summed E-state index contributed by atoms with van der Waals surface area (Å²) in [6.45, 7) is 3.43. The second-order valence-corrected chi connectivity index (χ2v) is 5.11. The van der Waals surface area contributed by atoms with Crippen LogP contribution in [0.1, 0.15) is 46.0 Å². The average Bonchev–Trinajstić information content (AvgIpc) is 2.03. The molecule has 14 heavy (non-hydrogen) atoms. The summed E-state index contributed by atoms with van der Waals surface area (Å²) in [5.41, 5.74) is 0. The van der Waals surface area contributed by atoms with Gasteiger partial charge in [-0.05, 0) is 13.3 Å². The molecule has 0 bridgehead atoms. The Morgan fingerprint density at radius 3 is 2.29 bits per heavy atom. The number of unbranched alkanes of at least 4 members (excludes halogenated alkanes) is 2. The first-order chi connectivity index (χ1) is 6.42. The van der Waals surface area contributed by atoms with Crippen molar-refractivity contribution < 1.29 is 14.7 Å². The summed E-state index contributed by atoms with van der Waals surface area (Å²) in [4.78, 5) is 21.7. The molecule has 0 saturated heterocycles. The number of hydrogen-bond donors (Lipinski definition) is 0. The molecule has 1 unspecified atom stereocenters. The minimum absolute atomic E-state index is 0.000945. The Labute approximate surface area is 93.0 Å². The SMILES string of the molecule is CCCCCC(Br)(CC(C)=O)C(=O)[O-]. The number of carboxylic acids is 1. The van der Waals surface area contributed by atoms with Crippen LogP contribution in [0.5, 0.6) is 0 Å². The van der Waals surface area contributed by atoms with Crippen LogP contribution in [0.25, 0.3) is 0 Å². The van der Waals surface area contributed by atoms with Crippen LogP contribution in [-0.4, -0.2) is 16.1 Å². The zero-order chi connectivity index (χ0) is 11.2. The van der Waals surface area contributed by atoms with E-state index >= 15 is 0 Å². The minimum atomic E-state index is -1.19. The van der Waals surface area contributed by atoms with Gasteiger partial charge >= 0.3 is 0 Å². The molecule has 0 fully saturated rings. The highest BCUT2D eigenvalue weighted by atomic mass is 79.9. The maximum Gasteiger partial charge on any atom is 0.131 e. The van der Waals surface area contributed by atoms with Gasteiger partial charge in [0.1, 0.15) is 5.78 Å². The number of aliphatic carboxylic acids is 1. The highest BCUT2D eigenvalue weighted by Crippen LogP contribution is 2.29. The van der Waals surface area contributed by atoms with Crippen LogP contribution in [0.2, 0.25) is 0 Å². The van der Waals surface area contributed by atoms with Gasteiger partial charge in [-0.25, -0.2) is 0 Å². The highest BCUT2D eigenvalue weighted by molar-refractivity contribution is 9.10. The molecular formula is C10H16BrO3-. The third kappa shape index (κ3) is 4.74. The van der Waals surface area contributed by atoms with Crippen molar-refractivity contribution >= 4 is 27.7 Å². The molecule has 0 aliphatic heterocycles. The lowest BCUT2D eigenvalue weighted by atomic mass is 9.96. The molecule has 0 N–H and O–H groups in total. The van der Waals surface area contributed by atoms with Crippen molar-refractivity contribution in [2.24, 2.45) is 0 Å². The quantitative estimate of drug-likeness (QED) is 0.516. The zero-order valence-electron chi connectivity index (χ0n) is 8.64. The third-order valence-corrected chi connectivity index (χ3v) is 3.07. The Morgan fingerprint density at radius 2 is 1.93 bits per heavy atom. The summed E-state index contributed by atoms with van der Waals surface area (Å²) < 4.78 is -1.16. The van der Waals surface area contributed by atoms with Gasteiger partial charge in [-0.2, -0.15) is 0 Å². The average molecular weight is 264 g/mol. The molecule has 0 spiro atoms. The van der Waals surface area contributed by atoms with Crippen molar-refractivity contribution in [3.05, 3.63) is 0 Å². The maximum absolute atomic E-state index is 10.9. The number of Topliss-reactive ketones (excluding diaryl/α,β-unsaturated/α-hetero) is 1. The van der Waals surface area contributed by atoms with E-state index in [0.29, 0.717) is 6.42 Å². The summed E-state index contributed by atoms with van der Waals surface area (Å²) in [5, 5.41) is 10.8. The van der Waals surface area contributed by atoms with Gasteiger partial charge in [-0.15, -0.1) is 0 Å². The number of rotatable bonds is 7. The van der Waals surface area contributed by atoms with Crippen LogP contribution in [0.15, 0.2) is 0 Å². The summed E-state index contributed by atoms with van der Waals surface area (Å²) in [6, 6.07) is 0. The molecule has 0 aromatic heterocycles. The van der Waals surface area contributed by atoms with Gasteiger partial charge in [0.2, 0.25) is 0 Å². The fourth-order valence-electron chi connectivity index (χ4n) is 1.31. The molecule has 82 valence electrons. The second kappa shape index (κ2) is 6.17. The lowest BCUT2D eigenvalue weighted by Crippen LogP contribution is -2.44. The number of hydrogen-bond acceptors (Lipinski definition) is 3. The van der Waals surface area contributed by atoms with Crippen LogP contribution in [-0.2, 0) is 9.59 Å². The first-order valence-corrected chi connectivity index (χ1v) is 5.61. The van der Waals surface area contributed by atoms with Gasteiger partial charge in [0.25, 0.3) is 0 Å². The van der Waals surface area contributed by atoms with E-state index in [1.54, 1.807) is 0 Å². The Hall–Kier alpha value is -0.380. The molecule has 0 aliphatic carbocycles. The topological polar surface area (TPSA) is 57.2 Å². The van der Waals surface area contributed by atoms with Gasteiger partial charge in [-0.1, -0.05) is 42.1 Å². The molecule has 0 amide bonds. The predicted octanol–water partition coefficient (Wildman–Crippen LogP) is 1.43. The predicted molar refractivity (Wildman–Crippen MR) is 56.1 cm³/mol. The number of alkyl halides is 1. The molecule has 0 aromatic carbocycles. The van der Waals surface area contributed by atoms with Crippen molar-refractivity contribution in [1.82, 2.24) is 0 Å². The first-order valence-electron chi connectivity index (χ1n) is 4.82. The molecule has 3 nitrogen and oxygen atoms in total. The lowest BCUT2D eigenvalue weighted by molar-refractivity contribution is -0.309. The van der Waals surface area contributed by atoms with E-state index in [0.717, 1.165) is 19.3 Å². The van der Waals surface area contributed by atoms with E-state index in [1.807, 2.05) is 6.92 Å². The fraction of sp³-hybridized carbons (Fsp3) is 0.800. The number of carboxylic acid groups (broad SMARTS) is 1. The maximum atomic E-state index is 10.9. The number of carbonyl (C=O) groups excluding carboxylic acids is 2. The molecule has 0 aliphatic rings. The summed E-state index contributed by atoms with van der Waals surface area (Å²) in [6.07, 6.45) is 3.24. The summed E-state index contributed by atoms with van der Waals surface area (Å²) in [7, 11) is 0. The molecule has 4 heteroatoms. The normalized spacial score (nSPS) is 14.8. The van der Waals surface area contributed by atoms with Crippen molar-refractivity contribution in [1.29, 1.82) is 0 Å². The van der Waals surface area contributed by atoms with E-state index in [-0.39, 0.29) is 12.2 Å². The van der Waals surface area contributed by atoms with E-state index in [4.69, 9.17) is 0 Å². The standard InChI is InChI=1S/C10H17BrO3/c1-3-4-5-6-10(11,9(13)14)7-8(2)12/h3-7H2,1-2H3,(H,13,14)/p-1. The lowest BCUT2D eigenvalue weighted by Gasteiger charge is -2.27. The Kier molecular flexibility index (Phi) is 6.00. The van der Waals surface area contributed by atoms with Crippen LogP contribution < -0.4 is 5.11 Å². The monoisotopic (exact) mass is 263 g/mol. The van der Waals surface area contributed by atoms with Crippen LogP contribution in [0, 0.1) is 0 Å². The van der Waals surface area contributed by atoms with Crippen LogP contribution >= 0.6 is 15.9 Å². The first kappa shape index (κ1) is 13.6. The molecule has 0 aromatic rings. The Balaban J connectivity index is 4.24. The summed E-state index contributed by atoms with van der Waals surface area (Å²) in [5.74, 6) is -1.33. The molecular weight excluding hydrogens is 248 g/mol.